The number of carboxylic acid groups (broad SMARTS) is 1. The van der Waals surface area contributed by atoms with E-state index in [1.807, 2.05) is 6.07 Å². The lowest BCUT2D eigenvalue weighted by molar-refractivity contribution is -0.144. The average Bonchev–Trinajstić information content (AvgIpc) is 2.35. The van der Waals surface area contributed by atoms with Crippen molar-refractivity contribution in [2.75, 3.05) is 23.7 Å². The van der Waals surface area contributed by atoms with Gasteiger partial charge in [0.05, 0.1) is 29.0 Å². The summed E-state index contributed by atoms with van der Waals surface area (Å²) in [6.45, 7) is 0.290. The number of carboxylic acids is 1. The van der Waals surface area contributed by atoms with Crippen LogP contribution in [0.5, 0.6) is 5.75 Å². The van der Waals surface area contributed by atoms with Crippen LogP contribution in [0, 0.1) is 11.3 Å². The molecule has 2 rings (SSSR count). The summed E-state index contributed by atoms with van der Waals surface area (Å²) in [5, 5.41) is 23.6. The third-order valence-corrected chi connectivity index (χ3v) is 2.76. The number of aliphatic carboxylic acids is 1. The second-order valence-electron chi connectivity index (χ2n) is 3.67. The maximum Gasteiger partial charge on any atom is 0.346 e. The highest BCUT2D eigenvalue weighted by atomic mass is 35.5. The van der Waals surface area contributed by atoms with Crippen molar-refractivity contribution in [1.82, 2.24) is 0 Å². The predicted octanol–water partition coefficient (Wildman–Crippen LogP) is 1.53. The Kier molecular flexibility index (Phi) is 3.44. The summed E-state index contributed by atoms with van der Waals surface area (Å²) in [7, 11) is 0. The van der Waals surface area contributed by atoms with Gasteiger partial charge in [0.1, 0.15) is 12.3 Å². The van der Waals surface area contributed by atoms with Crippen LogP contribution < -0.4 is 15.4 Å². The van der Waals surface area contributed by atoms with E-state index in [1.54, 1.807) is 12.1 Å². The van der Waals surface area contributed by atoms with Gasteiger partial charge in [-0.25, -0.2) is 4.79 Å². The van der Waals surface area contributed by atoms with Crippen molar-refractivity contribution in [3.05, 3.63) is 17.2 Å². The molecule has 0 amide bonds. The van der Waals surface area contributed by atoms with Gasteiger partial charge in [-0.1, -0.05) is 11.6 Å². The molecule has 94 valence electrons. The molecule has 1 atom stereocenters. The quantitative estimate of drug-likeness (QED) is 0.719. The van der Waals surface area contributed by atoms with Crippen LogP contribution in [0.15, 0.2) is 12.1 Å². The van der Waals surface area contributed by atoms with E-state index < -0.39 is 12.1 Å². The van der Waals surface area contributed by atoms with Gasteiger partial charge in [-0.2, -0.15) is 5.26 Å². The summed E-state index contributed by atoms with van der Waals surface area (Å²) in [6, 6.07) is 5.14. The molecule has 0 saturated heterocycles. The van der Waals surface area contributed by atoms with E-state index in [4.69, 9.17) is 26.7 Å². The van der Waals surface area contributed by atoms with Crippen LogP contribution in [0.3, 0.4) is 0 Å². The molecule has 6 nitrogen and oxygen atoms in total. The van der Waals surface area contributed by atoms with Gasteiger partial charge >= 0.3 is 5.97 Å². The highest BCUT2D eigenvalue weighted by Gasteiger charge is 2.26. The van der Waals surface area contributed by atoms with Crippen LogP contribution in [0.25, 0.3) is 0 Å². The molecule has 7 heteroatoms. The maximum atomic E-state index is 10.8. The zero-order chi connectivity index (χ0) is 13.1. The third-order valence-electron chi connectivity index (χ3n) is 2.45. The van der Waals surface area contributed by atoms with Crippen LogP contribution in [-0.4, -0.2) is 30.3 Å². The van der Waals surface area contributed by atoms with Crippen molar-refractivity contribution in [2.24, 2.45) is 0 Å². The Labute approximate surface area is 108 Å². The Morgan fingerprint density at radius 1 is 1.72 bits per heavy atom. The van der Waals surface area contributed by atoms with Gasteiger partial charge < -0.3 is 20.5 Å². The molecule has 0 saturated carbocycles. The average molecular weight is 268 g/mol. The first-order valence-electron chi connectivity index (χ1n) is 5.19. The number of ether oxygens (including phenoxy) is 1. The molecular formula is C11H10ClN3O3. The Bertz CT molecular complexity index is 527. The van der Waals surface area contributed by atoms with E-state index in [-0.39, 0.29) is 13.1 Å². The van der Waals surface area contributed by atoms with Crippen molar-refractivity contribution in [3.8, 4) is 11.8 Å². The topological polar surface area (TPSA) is 94.4 Å². The zero-order valence-corrected chi connectivity index (χ0v) is 9.99. The van der Waals surface area contributed by atoms with Gasteiger partial charge in [-0.05, 0) is 6.07 Å². The number of nitrogens with zero attached hydrogens (tertiary/aromatic N) is 1. The standard InChI is InChI=1S/C11H10ClN3O3/c12-6-3-8-9(4-7(6)14-2-1-13)18-10(5-15-8)11(16)17/h3-4,10,14-15H,2,5H2,(H,16,17). The van der Waals surface area contributed by atoms with Gasteiger partial charge in [-0.3, -0.25) is 0 Å². The Balaban J connectivity index is 2.27. The Hall–Kier alpha value is -2.13. The molecule has 0 fully saturated rings. The van der Waals surface area contributed by atoms with Crippen molar-refractivity contribution in [3.63, 3.8) is 0 Å². The van der Waals surface area contributed by atoms with Crippen LogP contribution in [0.1, 0.15) is 0 Å². The first kappa shape index (κ1) is 12.3. The number of rotatable bonds is 3. The lowest BCUT2D eigenvalue weighted by Crippen LogP contribution is -2.37. The van der Waals surface area contributed by atoms with Crippen molar-refractivity contribution in [1.29, 1.82) is 5.26 Å². The maximum absolute atomic E-state index is 10.8. The van der Waals surface area contributed by atoms with E-state index >= 15 is 0 Å². The highest BCUT2D eigenvalue weighted by molar-refractivity contribution is 6.33. The molecule has 3 N–H and O–H groups in total. The number of benzene rings is 1. The summed E-state index contributed by atoms with van der Waals surface area (Å²) in [5.74, 6) is -0.631. The van der Waals surface area contributed by atoms with Gasteiger partial charge in [0.2, 0.25) is 6.10 Å². The molecular weight excluding hydrogens is 258 g/mol. The van der Waals surface area contributed by atoms with Crippen molar-refractivity contribution >= 4 is 28.9 Å². The molecule has 0 aromatic heterocycles. The normalized spacial score (nSPS) is 16.8. The fourth-order valence-corrected chi connectivity index (χ4v) is 1.83. The molecule has 18 heavy (non-hydrogen) atoms. The molecule has 1 unspecified atom stereocenters. The molecule has 1 aromatic carbocycles. The molecule has 1 aromatic rings. The van der Waals surface area contributed by atoms with E-state index in [2.05, 4.69) is 10.6 Å². The Morgan fingerprint density at radius 2 is 2.50 bits per heavy atom. The number of nitriles is 1. The second-order valence-corrected chi connectivity index (χ2v) is 4.07. The number of anilines is 2. The van der Waals surface area contributed by atoms with Crippen molar-refractivity contribution < 1.29 is 14.6 Å². The third kappa shape index (κ3) is 2.41. The Morgan fingerprint density at radius 3 is 3.17 bits per heavy atom. The molecule has 0 bridgehead atoms. The van der Waals surface area contributed by atoms with Crippen LogP contribution in [0.4, 0.5) is 11.4 Å². The zero-order valence-electron chi connectivity index (χ0n) is 9.24. The molecule has 1 aliphatic heterocycles. The number of fused-ring (bicyclic) bond motifs is 1. The SMILES string of the molecule is N#CCNc1cc2c(cc1Cl)NCC(C(=O)O)O2. The number of nitrogens with one attached hydrogen (secondary N) is 2. The first-order valence-corrected chi connectivity index (χ1v) is 5.57. The number of hydrogen-bond donors (Lipinski definition) is 3. The van der Waals surface area contributed by atoms with E-state index in [1.165, 1.54) is 0 Å². The lowest BCUT2D eigenvalue weighted by atomic mass is 10.2. The number of carbonyl (C=O) groups is 1. The van der Waals surface area contributed by atoms with Crippen LogP contribution >= 0.6 is 11.6 Å². The summed E-state index contributed by atoms with van der Waals surface area (Å²) in [5.41, 5.74) is 1.17. The summed E-state index contributed by atoms with van der Waals surface area (Å²) >= 11 is 6.01. The van der Waals surface area contributed by atoms with Crippen LogP contribution in [-0.2, 0) is 4.79 Å². The lowest BCUT2D eigenvalue weighted by Gasteiger charge is -2.25. The molecule has 0 radical (unpaired) electrons. The number of halogens is 1. The van der Waals surface area contributed by atoms with Gasteiger partial charge in [0.25, 0.3) is 0 Å². The molecule has 1 heterocycles. The van der Waals surface area contributed by atoms with E-state index in [0.717, 1.165) is 0 Å². The minimum Gasteiger partial charge on any atom is -0.478 e. The molecule has 1 aliphatic rings. The molecule has 0 aliphatic carbocycles. The monoisotopic (exact) mass is 267 g/mol. The summed E-state index contributed by atoms with van der Waals surface area (Å²) < 4.78 is 5.33. The van der Waals surface area contributed by atoms with Crippen molar-refractivity contribution in [2.45, 2.75) is 6.10 Å². The fraction of sp³-hybridized carbons (Fsp3) is 0.273. The summed E-state index contributed by atoms with van der Waals surface area (Å²) in [4.78, 5) is 10.8. The van der Waals surface area contributed by atoms with Gasteiger partial charge in [0, 0.05) is 6.07 Å². The minimum atomic E-state index is -1.03. The van der Waals surface area contributed by atoms with Crippen LogP contribution in [0.2, 0.25) is 5.02 Å². The summed E-state index contributed by atoms with van der Waals surface area (Å²) in [6.07, 6.45) is -0.928. The fourth-order valence-electron chi connectivity index (χ4n) is 1.59. The first-order chi connectivity index (χ1) is 8.61. The van der Waals surface area contributed by atoms with Gasteiger partial charge in [-0.15, -0.1) is 0 Å². The minimum absolute atomic E-state index is 0.105. The van der Waals surface area contributed by atoms with E-state index in [9.17, 15) is 4.79 Å². The predicted molar refractivity (Wildman–Crippen MR) is 66.1 cm³/mol. The highest BCUT2D eigenvalue weighted by Crippen LogP contribution is 2.37. The largest absolute Gasteiger partial charge is 0.478 e. The smallest absolute Gasteiger partial charge is 0.346 e. The molecule has 0 spiro atoms. The second kappa shape index (κ2) is 5.02. The van der Waals surface area contributed by atoms with E-state index in [0.29, 0.717) is 22.1 Å². The van der Waals surface area contributed by atoms with Gasteiger partial charge in [0.15, 0.2) is 0 Å². The number of hydrogen-bond acceptors (Lipinski definition) is 5.